The van der Waals surface area contributed by atoms with E-state index in [2.05, 4.69) is 6.07 Å². The molecule has 0 fully saturated rings. The fourth-order valence-corrected chi connectivity index (χ4v) is 1.57. The maximum atomic E-state index is 10.7. The van der Waals surface area contributed by atoms with Gasteiger partial charge in [-0.2, -0.15) is 5.26 Å². The summed E-state index contributed by atoms with van der Waals surface area (Å²) in [4.78, 5) is 10.7. The van der Waals surface area contributed by atoms with Gasteiger partial charge in [-0.15, -0.1) is 0 Å². The van der Waals surface area contributed by atoms with Crippen LogP contribution in [0.4, 0.5) is 0 Å². The molecule has 0 saturated carbocycles. The van der Waals surface area contributed by atoms with Crippen LogP contribution in [0.3, 0.4) is 0 Å². The van der Waals surface area contributed by atoms with E-state index in [1.54, 1.807) is 24.3 Å². The zero-order chi connectivity index (χ0) is 13.7. The first-order valence-electron chi connectivity index (χ1n) is 5.66. The second-order valence-electron chi connectivity index (χ2n) is 3.91. The highest BCUT2D eigenvalue weighted by atomic mass is 16.5. The lowest BCUT2D eigenvalue weighted by Gasteiger charge is -2.06. The molecule has 0 amide bonds. The van der Waals surface area contributed by atoms with Crippen molar-refractivity contribution in [2.24, 2.45) is 0 Å². The Kier molecular flexibility index (Phi) is 3.79. The number of carbonyl (C=O) groups is 1. The van der Waals surface area contributed by atoms with E-state index in [-0.39, 0.29) is 5.56 Å². The smallest absolute Gasteiger partial charge is 0.335 e. The average Bonchev–Trinajstić information content (AvgIpc) is 2.42. The molecule has 4 heteroatoms. The second kappa shape index (κ2) is 5.69. The lowest BCUT2D eigenvalue weighted by molar-refractivity contribution is 0.0697. The number of hydrogen-bond acceptors (Lipinski definition) is 3. The van der Waals surface area contributed by atoms with Gasteiger partial charge in [0.1, 0.15) is 11.5 Å². The van der Waals surface area contributed by atoms with Crippen LogP contribution in [0.5, 0.6) is 11.5 Å². The summed E-state index contributed by atoms with van der Waals surface area (Å²) >= 11 is 0. The van der Waals surface area contributed by atoms with Crippen LogP contribution in [0, 0.1) is 11.3 Å². The molecule has 0 aliphatic rings. The molecular formula is C15H11NO3. The van der Waals surface area contributed by atoms with Crippen molar-refractivity contribution in [3.05, 3.63) is 59.7 Å². The molecule has 0 aromatic heterocycles. The molecule has 94 valence electrons. The topological polar surface area (TPSA) is 70.3 Å². The third-order valence-electron chi connectivity index (χ3n) is 2.54. The minimum absolute atomic E-state index is 0.219. The molecule has 0 unspecified atom stereocenters. The van der Waals surface area contributed by atoms with E-state index >= 15 is 0 Å². The Balaban J connectivity index is 2.08. The molecule has 2 aromatic rings. The van der Waals surface area contributed by atoms with Crippen molar-refractivity contribution in [2.75, 3.05) is 0 Å². The standard InChI is InChI=1S/C15H11NO3/c16-10-9-11-1-5-13(6-2-11)19-14-7-3-12(4-8-14)15(17)18/h1-8H,9H2,(H,17,18). The Morgan fingerprint density at radius 2 is 1.58 bits per heavy atom. The fraction of sp³-hybridized carbons (Fsp3) is 0.0667. The number of carboxylic acids is 1. The summed E-state index contributed by atoms with van der Waals surface area (Å²) in [5.74, 6) is 0.246. The van der Waals surface area contributed by atoms with Gasteiger partial charge >= 0.3 is 5.97 Å². The van der Waals surface area contributed by atoms with Crippen molar-refractivity contribution in [3.63, 3.8) is 0 Å². The first-order chi connectivity index (χ1) is 9.19. The third-order valence-corrected chi connectivity index (χ3v) is 2.54. The second-order valence-corrected chi connectivity index (χ2v) is 3.91. The SMILES string of the molecule is N#CCc1ccc(Oc2ccc(C(=O)O)cc2)cc1. The summed E-state index contributed by atoms with van der Waals surface area (Å²) in [6.07, 6.45) is 0.369. The molecule has 2 rings (SSSR count). The molecule has 0 saturated heterocycles. The van der Waals surface area contributed by atoms with E-state index in [4.69, 9.17) is 15.1 Å². The van der Waals surface area contributed by atoms with Gasteiger partial charge in [0.2, 0.25) is 0 Å². The van der Waals surface area contributed by atoms with Crippen LogP contribution in [0.25, 0.3) is 0 Å². The van der Waals surface area contributed by atoms with Crippen molar-refractivity contribution in [3.8, 4) is 17.6 Å². The van der Waals surface area contributed by atoms with Crippen LogP contribution in [0.1, 0.15) is 15.9 Å². The Hall–Kier alpha value is -2.80. The van der Waals surface area contributed by atoms with Crippen LogP contribution in [0.15, 0.2) is 48.5 Å². The Labute approximate surface area is 110 Å². The van der Waals surface area contributed by atoms with Crippen molar-refractivity contribution < 1.29 is 14.6 Å². The van der Waals surface area contributed by atoms with Gasteiger partial charge < -0.3 is 9.84 Å². The van der Waals surface area contributed by atoms with E-state index < -0.39 is 5.97 Å². The largest absolute Gasteiger partial charge is 0.478 e. The van der Waals surface area contributed by atoms with Gasteiger partial charge in [0.15, 0.2) is 0 Å². The summed E-state index contributed by atoms with van der Waals surface area (Å²) in [6, 6.07) is 15.5. The molecule has 19 heavy (non-hydrogen) atoms. The summed E-state index contributed by atoms with van der Waals surface area (Å²) in [5.41, 5.74) is 1.15. The molecule has 0 heterocycles. The number of nitrogens with zero attached hydrogens (tertiary/aromatic N) is 1. The third kappa shape index (κ3) is 3.33. The van der Waals surface area contributed by atoms with Crippen LogP contribution >= 0.6 is 0 Å². The van der Waals surface area contributed by atoms with Gasteiger partial charge in [0.05, 0.1) is 18.1 Å². The summed E-state index contributed by atoms with van der Waals surface area (Å²) < 4.78 is 5.57. The zero-order valence-corrected chi connectivity index (χ0v) is 10.0. The van der Waals surface area contributed by atoms with Gasteiger partial charge in [-0.25, -0.2) is 4.79 Å². The number of ether oxygens (including phenoxy) is 1. The summed E-state index contributed by atoms with van der Waals surface area (Å²) in [5, 5.41) is 17.3. The number of benzene rings is 2. The van der Waals surface area contributed by atoms with Crippen LogP contribution in [0.2, 0.25) is 0 Å². The molecular weight excluding hydrogens is 242 g/mol. The highest BCUT2D eigenvalue weighted by Gasteiger charge is 2.03. The van der Waals surface area contributed by atoms with E-state index in [0.717, 1.165) is 5.56 Å². The van der Waals surface area contributed by atoms with E-state index in [0.29, 0.717) is 17.9 Å². The average molecular weight is 253 g/mol. The van der Waals surface area contributed by atoms with E-state index in [1.165, 1.54) is 12.1 Å². The van der Waals surface area contributed by atoms with Crippen molar-refractivity contribution >= 4 is 5.97 Å². The number of hydrogen-bond donors (Lipinski definition) is 1. The van der Waals surface area contributed by atoms with Gasteiger partial charge in [0, 0.05) is 0 Å². The fourth-order valence-electron chi connectivity index (χ4n) is 1.57. The summed E-state index contributed by atoms with van der Waals surface area (Å²) in [7, 11) is 0. The molecule has 0 atom stereocenters. The molecule has 0 aliphatic heterocycles. The Morgan fingerprint density at radius 3 is 2.05 bits per heavy atom. The molecule has 0 spiro atoms. The monoisotopic (exact) mass is 253 g/mol. The quantitative estimate of drug-likeness (QED) is 0.907. The molecule has 0 radical (unpaired) electrons. The minimum Gasteiger partial charge on any atom is -0.478 e. The Bertz CT molecular complexity index is 609. The predicted octanol–water partition coefficient (Wildman–Crippen LogP) is 3.24. The lowest BCUT2D eigenvalue weighted by atomic mass is 10.1. The first-order valence-corrected chi connectivity index (χ1v) is 5.66. The highest BCUT2D eigenvalue weighted by molar-refractivity contribution is 5.87. The lowest BCUT2D eigenvalue weighted by Crippen LogP contribution is -1.95. The predicted molar refractivity (Wildman–Crippen MR) is 69.2 cm³/mol. The van der Waals surface area contributed by atoms with Gasteiger partial charge in [0.25, 0.3) is 0 Å². The molecule has 0 aliphatic carbocycles. The van der Waals surface area contributed by atoms with Gasteiger partial charge in [-0.3, -0.25) is 0 Å². The number of carboxylic acid groups (broad SMARTS) is 1. The van der Waals surface area contributed by atoms with Crippen molar-refractivity contribution in [1.82, 2.24) is 0 Å². The molecule has 0 bridgehead atoms. The highest BCUT2D eigenvalue weighted by Crippen LogP contribution is 2.22. The normalized spacial score (nSPS) is 9.63. The van der Waals surface area contributed by atoms with E-state index in [9.17, 15) is 4.79 Å². The Morgan fingerprint density at radius 1 is 1.05 bits per heavy atom. The van der Waals surface area contributed by atoms with Crippen LogP contribution in [-0.2, 0) is 6.42 Å². The molecule has 4 nitrogen and oxygen atoms in total. The molecule has 1 N–H and O–H groups in total. The zero-order valence-electron chi connectivity index (χ0n) is 10.0. The molecule has 2 aromatic carbocycles. The number of rotatable bonds is 4. The van der Waals surface area contributed by atoms with Crippen molar-refractivity contribution in [1.29, 1.82) is 5.26 Å². The number of nitriles is 1. The van der Waals surface area contributed by atoms with Crippen LogP contribution < -0.4 is 4.74 Å². The van der Waals surface area contributed by atoms with E-state index in [1.807, 2.05) is 12.1 Å². The van der Waals surface area contributed by atoms with Crippen molar-refractivity contribution in [2.45, 2.75) is 6.42 Å². The van der Waals surface area contributed by atoms with Gasteiger partial charge in [-0.05, 0) is 42.0 Å². The summed E-state index contributed by atoms with van der Waals surface area (Å²) in [6.45, 7) is 0. The maximum absolute atomic E-state index is 10.7. The minimum atomic E-state index is -0.965. The van der Waals surface area contributed by atoms with Gasteiger partial charge in [-0.1, -0.05) is 12.1 Å². The first kappa shape index (κ1) is 12.7. The van der Waals surface area contributed by atoms with Crippen LogP contribution in [-0.4, -0.2) is 11.1 Å². The number of aromatic carboxylic acids is 1. The maximum Gasteiger partial charge on any atom is 0.335 e.